The summed E-state index contributed by atoms with van der Waals surface area (Å²) in [6, 6.07) is 17.3. The second-order valence-corrected chi connectivity index (χ2v) is 10.3. The first-order chi connectivity index (χ1) is 18.6. The van der Waals surface area contributed by atoms with Crippen molar-refractivity contribution in [3.63, 3.8) is 0 Å². The fourth-order valence-corrected chi connectivity index (χ4v) is 5.34. The molecule has 2 aliphatic heterocycles. The molecule has 1 unspecified atom stereocenters. The molecule has 1 amide bonds. The third-order valence-corrected chi connectivity index (χ3v) is 6.93. The number of hydrogen-bond donors (Lipinski definition) is 1. The first kappa shape index (κ1) is 26.2. The standard InChI is InChI=1S/C31H32N2O6/c1-18-16-31(2,3)32-22-14-13-21-27-23(36-5)11-8-12-24(27)39-29(28(21)26(18)22)19-9-7-10-20(15-19)38-30(35)33(4)17-25(34)37-6/h7-16,29,32H,17H2,1-6H3. The van der Waals surface area contributed by atoms with Crippen molar-refractivity contribution in [1.82, 2.24) is 4.90 Å². The van der Waals surface area contributed by atoms with Crippen LogP contribution in [-0.2, 0) is 9.53 Å². The number of nitrogens with one attached hydrogen (secondary N) is 1. The van der Waals surface area contributed by atoms with Crippen LogP contribution < -0.4 is 19.5 Å². The Balaban J connectivity index is 1.60. The first-order valence-corrected chi connectivity index (χ1v) is 12.7. The number of benzene rings is 3. The molecule has 1 N–H and O–H groups in total. The number of likely N-dealkylation sites (N-methyl/N-ethyl adjacent to an activating group) is 1. The van der Waals surface area contributed by atoms with Crippen LogP contribution >= 0.6 is 0 Å². The van der Waals surface area contributed by atoms with E-state index in [9.17, 15) is 9.59 Å². The van der Waals surface area contributed by atoms with Gasteiger partial charge in [-0.1, -0.05) is 30.3 Å². The van der Waals surface area contributed by atoms with Crippen LogP contribution in [0.2, 0.25) is 0 Å². The smallest absolute Gasteiger partial charge is 0.415 e. The molecule has 5 rings (SSSR count). The lowest BCUT2D eigenvalue weighted by Crippen LogP contribution is -2.34. The lowest BCUT2D eigenvalue weighted by Gasteiger charge is -2.37. The number of rotatable bonds is 5. The summed E-state index contributed by atoms with van der Waals surface area (Å²) in [5.41, 5.74) is 6.79. The Hall–Kier alpha value is -4.46. The highest BCUT2D eigenvalue weighted by atomic mass is 16.6. The Morgan fingerprint density at radius 3 is 2.56 bits per heavy atom. The average Bonchev–Trinajstić information content (AvgIpc) is 2.90. The summed E-state index contributed by atoms with van der Waals surface area (Å²) in [6.45, 7) is 6.18. The van der Waals surface area contributed by atoms with E-state index in [1.165, 1.54) is 14.2 Å². The quantitative estimate of drug-likeness (QED) is 0.403. The maximum absolute atomic E-state index is 12.6. The van der Waals surface area contributed by atoms with Gasteiger partial charge in [-0.25, -0.2) is 4.79 Å². The fourth-order valence-electron chi connectivity index (χ4n) is 5.34. The van der Waals surface area contributed by atoms with E-state index in [-0.39, 0.29) is 12.1 Å². The van der Waals surface area contributed by atoms with E-state index in [1.807, 2.05) is 30.3 Å². The largest absolute Gasteiger partial charge is 0.496 e. The molecule has 3 aromatic carbocycles. The monoisotopic (exact) mass is 528 g/mol. The lowest BCUT2D eigenvalue weighted by molar-refractivity contribution is -0.141. The molecule has 0 fully saturated rings. The number of carbonyl (C=O) groups excluding carboxylic acids is 2. The van der Waals surface area contributed by atoms with Crippen molar-refractivity contribution in [3.8, 4) is 28.4 Å². The van der Waals surface area contributed by atoms with Crippen LogP contribution in [0.1, 0.15) is 43.6 Å². The van der Waals surface area contributed by atoms with Crippen LogP contribution in [0.5, 0.6) is 17.2 Å². The molecule has 0 spiro atoms. The maximum atomic E-state index is 12.6. The van der Waals surface area contributed by atoms with Gasteiger partial charge in [-0.2, -0.15) is 0 Å². The maximum Gasteiger partial charge on any atom is 0.415 e. The normalized spacial score (nSPS) is 16.3. The van der Waals surface area contributed by atoms with Gasteiger partial charge in [0.15, 0.2) is 6.10 Å². The third kappa shape index (κ3) is 4.90. The van der Waals surface area contributed by atoms with Gasteiger partial charge in [0.25, 0.3) is 0 Å². The van der Waals surface area contributed by atoms with Gasteiger partial charge < -0.3 is 24.3 Å². The van der Waals surface area contributed by atoms with E-state index in [0.717, 1.165) is 49.7 Å². The number of allylic oxidation sites excluding steroid dienone is 1. The Labute approximate surface area is 228 Å². The molecule has 2 heterocycles. The van der Waals surface area contributed by atoms with Crippen LogP contribution in [0.4, 0.5) is 10.5 Å². The number of ether oxygens (including phenoxy) is 4. The zero-order valence-corrected chi connectivity index (χ0v) is 23.0. The van der Waals surface area contributed by atoms with Gasteiger partial charge in [0, 0.05) is 29.4 Å². The Bertz CT molecular complexity index is 1490. The van der Waals surface area contributed by atoms with Crippen molar-refractivity contribution < 1.29 is 28.5 Å². The second kappa shape index (κ2) is 10.0. The molecule has 39 heavy (non-hydrogen) atoms. The predicted molar refractivity (Wildman–Crippen MR) is 149 cm³/mol. The minimum absolute atomic E-state index is 0.198. The fraction of sp³-hybridized carbons (Fsp3) is 0.290. The lowest BCUT2D eigenvalue weighted by atomic mass is 9.80. The van der Waals surface area contributed by atoms with Gasteiger partial charge in [0.2, 0.25) is 0 Å². The molecule has 0 aromatic heterocycles. The molecular weight excluding hydrogens is 496 g/mol. The number of amides is 1. The van der Waals surface area contributed by atoms with Gasteiger partial charge >= 0.3 is 12.1 Å². The molecule has 8 heteroatoms. The SMILES string of the molecule is COC(=O)CN(C)C(=O)Oc1cccc(C2Oc3cccc(OC)c3-c3ccc4c(c32)C(C)=CC(C)(C)N4)c1. The predicted octanol–water partition coefficient (Wildman–Crippen LogP) is 6.06. The summed E-state index contributed by atoms with van der Waals surface area (Å²) in [7, 11) is 4.40. The van der Waals surface area contributed by atoms with Crippen LogP contribution in [0.15, 0.2) is 60.7 Å². The summed E-state index contributed by atoms with van der Waals surface area (Å²) in [5.74, 6) is 1.24. The van der Waals surface area contributed by atoms with Crippen molar-refractivity contribution in [3.05, 3.63) is 77.4 Å². The van der Waals surface area contributed by atoms with Crippen LogP contribution in [0, 0.1) is 0 Å². The van der Waals surface area contributed by atoms with Crippen LogP contribution in [-0.4, -0.2) is 50.3 Å². The van der Waals surface area contributed by atoms with Crippen molar-refractivity contribution in [2.45, 2.75) is 32.4 Å². The van der Waals surface area contributed by atoms with Crippen molar-refractivity contribution in [1.29, 1.82) is 0 Å². The summed E-state index contributed by atoms with van der Waals surface area (Å²) >= 11 is 0. The second-order valence-electron chi connectivity index (χ2n) is 10.3. The van der Waals surface area contributed by atoms with E-state index >= 15 is 0 Å². The highest BCUT2D eigenvalue weighted by Gasteiger charge is 2.36. The zero-order chi connectivity index (χ0) is 27.9. The zero-order valence-electron chi connectivity index (χ0n) is 23.0. The topological polar surface area (TPSA) is 86.3 Å². The summed E-state index contributed by atoms with van der Waals surface area (Å²) in [5, 5.41) is 3.64. The van der Waals surface area contributed by atoms with Gasteiger partial charge in [0.1, 0.15) is 23.8 Å². The van der Waals surface area contributed by atoms with Crippen molar-refractivity contribution in [2.75, 3.05) is 33.1 Å². The number of methoxy groups -OCH3 is 2. The Kier molecular flexibility index (Phi) is 6.72. The average molecular weight is 529 g/mol. The van der Waals surface area contributed by atoms with Gasteiger partial charge in [-0.15, -0.1) is 0 Å². The summed E-state index contributed by atoms with van der Waals surface area (Å²) in [6.07, 6.45) is 1.08. The first-order valence-electron chi connectivity index (χ1n) is 12.7. The van der Waals surface area contributed by atoms with Gasteiger partial charge in [0.05, 0.1) is 25.3 Å². The molecule has 0 aliphatic carbocycles. The van der Waals surface area contributed by atoms with E-state index in [2.05, 4.69) is 49.0 Å². The molecule has 202 valence electrons. The molecule has 3 aromatic rings. The highest BCUT2D eigenvalue weighted by Crippen LogP contribution is 2.53. The molecule has 8 nitrogen and oxygen atoms in total. The van der Waals surface area contributed by atoms with Crippen LogP contribution in [0.25, 0.3) is 16.7 Å². The molecule has 0 bridgehead atoms. The highest BCUT2D eigenvalue weighted by molar-refractivity contribution is 5.92. The molecule has 1 atom stereocenters. The number of anilines is 1. The number of hydrogen-bond acceptors (Lipinski definition) is 7. The number of carbonyl (C=O) groups is 2. The molecular formula is C31H32N2O6. The Morgan fingerprint density at radius 1 is 1.05 bits per heavy atom. The molecule has 0 radical (unpaired) electrons. The van der Waals surface area contributed by atoms with Gasteiger partial charge in [-0.05, 0) is 62.2 Å². The minimum atomic E-state index is -0.666. The molecule has 0 saturated carbocycles. The van der Waals surface area contributed by atoms with Crippen LogP contribution in [0.3, 0.4) is 0 Å². The van der Waals surface area contributed by atoms with E-state index in [0.29, 0.717) is 11.5 Å². The third-order valence-electron chi connectivity index (χ3n) is 6.93. The molecule has 2 aliphatic rings. The number of fused-ring (bicyclic) bond motifs is 5. The molecule has 0 saturated heterocycles. The summed E-state index contributed by atoms with van der Waals surface area (Å²) in [4.78, 5) is 25.4. The number of nitrogens with zero attached hydrogens (tertiary/aromatic N) is 1. The number of esters is 1. The Morgan fingerprint density at radius 2 is 1.82 bits per heavy atom. The van der Waals surface area contributed by atoms with Crippen molar-refractivity contribution in [2.24, 2.45) is 0 Å². The van der Waals surface area contributed by atoms with E-state index < -0.39 is 18.2 Å². The van der Waals surface area contributed by atoms with E-state index in [4.69, 9.17) is 14.2 Å². The summed E-state index contributed by atoms with van der Waals surface area (Å²) < 4.78 is 22.6. The minimum Gasteiger partial charge on any atom is -0.496 e. The van der Waals surface area contributed by atoms with Gasteiger partial charge in [-0.3, -0.25) is 9.69 Å². The van der Waals surface area contributed by atoms with Crippen molar-refractivity contribution >= 4 is 23.3 Å². The van der Waals surface area contributed by atoms with E-state index in [1.54, 1.807) is 19.2 Å².